The summed E-state index contributed by atoms with van der Waals surface area (Å²) in [6, 6.07) is -0.653. The van der Waals surface area contributed by atoms with Crippen molar-refractivity contribution in [3.63, 3.8) is 0 Å². The topological polar surface area (TPSA) is 81.2 Å². The van der Waals surface area contributed by atoms with Gasteiger partial charge in [-0.25, -0.2) is 0 Å². The molecule has 3 aliphatic heterocycles. The van der Waals surface area contributed by atoms with Crippen LogP contribution in [0.5, 0.6) is 0 Å². The predicted octanol–water partition coefficient (Wildman–Crippen LogP) is 3.46. The van der Waals surface area contributed by atoms with Gasteiger partial charge >= 0.3 is 0 Å². The first-order valence-electron chi connectivity index (χ1n) is 13.0. The maximum absolute atomic E-state index is 14.3. The summed E-state index contributed by atoms with van der Waals surface area (Å²) < 4.78 is -0.663. The molecule has 3 saturated heterocycles. The van der Waals surface area contributed by atoms with Crippen LogP contribution in [-0.2, 0) is 14.4 Å². The number of halogens is 1. The molecule has 3 rings (SSSR count). The second-order valence-corrected chi connectivity index (χ2v) is 13.8. The third-order valence-electron chi connectivity index (χ3n) is 7.66. The summed E-state index contributed by atoms with van der Waals surface area (Å²) in [5, 5.41) is 9.30. The van der Waals surface area contributed by atoms with Gasteiger partial charge in [-0.05, 0) is 46.5 Å². The van der Waals surface area contributed by atoms with Gasteiger partial charge in [0.05, 0.1) is 16.6 Å². The number of hydrogen-bond donors (Lipinski definition) is 1. The molecule has 1 spiro atoms. The quantitative estimate of drug-likeness (QED) is 0.216. The molecule has 0 radical (unpaired) electrons. The first-order valence-corrected chi connectivity index (χ1v) is 14.8. The van der Waals surface area contributed by atoms with Gasteiger partial charge in [-0.15, -0.1) is 24.9 Å². The van der Waals surface area contributed by atoms with E-state index in [1.807, 2.05) is 37.5 Å². The number of carbonyl (C=O) groups is 3. The van der Waals surface area contributed by atoms with Crippen molar-refractivity contribution in [2.24, 2.45) is 11.8 Å². The number of likely N-dealkylation sites (tertiary alicyclic amines) is 1. The number of thioether (sulfide) groups is 1. The minimum absolute atomic E-state index is 0.0131. The fraction of sp³-hybridized carbons (Fsp3) is 0.741. The minimum Gasteiger partial charge on any atom is -0.396 e. The van der Waals surface area contributed by atoms with Gasteiger partial charge in [0.15, 0.2) is 0 Å². The first kappa shape index (κ1) is 29.2. The van der Waals surface area contributed by atoms with Gasteiger partial charge in [0, 0.05) is 48.4 Å². The van der Waals surface area contributed by atoms with E-state index >= 15 is 0 Å². The van der Waals surface area contributed by atoms with E-state index in [9.17, 15) is 19.5 Å². The molecule has 0 aromatic carbocycles. The smallest absolute Gasteiger partial charge is 0.247 e. The third-order valence-corrected chi connectivity index (χ3v) is 10.9. The van der Waals surface area contributed by atoms with Gasteiger partial charge in [0.25, 0.3) is 0 Å². The number of carbonyl (C=O) groups excluding carboxylic acids is 3. The largest absolute Gasteiger partial charge is 0.396 e. The predicted molar refractivity (Wildman–Crippen MR) is 149 cm³/mol. The lowest BCUT2D eigenvalue weighted by Gasteiger charge is -2.42. The Bertz CT molecular complexity index is 878. The summed E-state index contributed by atoms with van der Waals surface area (Å²) in [5.41, 5.74) is -0.452. The van der Waals surface area contributed by atoms with E-state index in [1.165, 1.54) is 0 Å². The zero-order valence-electron chi connectivity index (χ0n) is 22.1. The number of nitrogens with zero attached hydrogens (tertiary/aromatic N) is 3. The summed E-state index contributed by atoms with van der Waals surface area (Å²) >= 11 is 5.51. The Morgan fingerprint density at radius 3 is 2.44 bits per heavy atom. The molecule has 3 heterocycles. The molecule has 6 atom stereocenters. The van der Waals surface area contributed by atoms with Gasteiger partial charge in [-0.3, -0.25) is 14.4 Å². The standard InChI is InChI=1S/C27H42BrN3O4S/c1-7-12-29(13-8-2)23(33)19-20-24(34)30(15-10-11-16-32)22(27(20)17-18(28)21(19)36-27)25(35)31(14-9-3)26(4,5)6/h7,9,18-22,32H,1,3,8,10-17H2,2,4-6H3/t18?,19-,20+,21-,22?,27?/m1/s1. The van der Waals surface area contributed by atoms with Gasteiger partial charge < -0.3 is 19.8 Å². The maximum atomic E-state index is 14.3. The van der Waals surface area contributed by atoms with Crippen molar-refractivity contribution in [1.82, 2.24) is 14.7 Å². The molecule has 0 aliphatic carbocycles. The zero-order valence-corrected chi connectivity index (χ0v) is 24.5. The average molecular weight is 585 g/mol. The molecule has 1 N–H and O–H groups in total. The van der Waals surface area contributed by atoms with Crippen LogP contribution in [-0.4, -0.2) is 96.7 Å². The molecule has 202 valence electrons. The van der Waals surface area contributed by atoms with Crippen molar-refractivity contribution in [2.45, 2.75) is 79.8 Å². The Morgan fingerprint density at radius 2 is 1.89 bits per heavy atom. The molecule has 7 nitrogen and oxygen atoms in total. The monoisotopic (exact) mass is 583 g/mol. The summed E-state index contributed by atoms with van der Waals surface area (Å²) in [5.74, 6) is -1.21. The van der Waals surface area contributed by atoms with E-state index in [0.717, 1.165) is 6.42 Å². The number of alkyl halides is 1. The first-order chi connectivity index (χ1) is 17.0. The minimum atomic E-state index is -0.663. The van der Waals surface area contributed by atoms with Crippen LogP contribution in [0.4, 0.5) is 0 Å². The Hall–Kier alpha value is -1.32. The number of unbranched alkanes of at least 4 members (excludes halogenated alkanes) is 1. The van der Waals surface area contributed by atoms with Gasteiger partial charge in [0.1, 0.15) is 6.04 Å². The number of aliphatic hydroxyl groups is 1. The highest BCUT2D eigenvalue weighted by molar-refractivity contribution is 9.09. The molecule has 3 aliphatic rings. The Labute approximate surface area is 228 Å². The SMILES string of the molecule is C=CCN(CCC)C(=O)[C@H]1[C@@H]2SC3(CC2Br)C(C(=O)N(CC=C)C(C)(C)C)N(CCCCO)C(=O)[C@H]13. The van der Waals surface area contributed by atoms with E-state index < -0.39 is 28.2 Å². The molecule has 9 heteroatoms. The van der Waals surface area contributed by atoms with Crippen molar-refractivity contribution in [3.8, 4) is 0 Å². The maximum Gasteiger partial charge on any atom is 0.247 e. The van der Waals surface area contributed by atoms with Crippen LogP contribution in [0.2, 0.25) is 0 Å². The molecular formula is C27H42BrN3O4S. The molecule has 0 aromatic heterocycles. The van der Waals surface area contributed by atoms with Crippen LogP contribution in [0, 0.1) is 11.8 Å². The summed E-state index contributed by atoms with van der Waals surface area (Å²) in [4.78, 5) is 47.7. The third kappa shape index (κ3) is 5.04. The highest BCUT2D eigenvalue weighted by atomic mass is 79.9. The van der Waals surface area contributed by atoms with Crippen LogP contribution < -0.4 is 0 Å². The molecule has 0 aromatic rings. The number of aliphatic hydroxyl groups excluding tert-OH is 1. The number of hydrogen-bond acceptors (Lipinski definition) is 5. The van der Waals surface area contributed by atoms with Crippen LogP contribution in [0.15, 0.2) is 25.3 Å². The van der Waals surface area contributed by atoms with Crippen LogP contribution in [0.3, 0.4) is 0 Å². The number of rotatable bonds is 12. The molecule has 2 bridgehead atoms. The van der Waals surface area contributed by atoms with E-state index in [1.54, 1.807) is 28.8 Å². The molecule has 3 fully saturated rings. The highest BCUT2D eigenvalue weighted by Gasteiger charge is 2.76. The second kappa shape index (κ2) is 11.6. The summed E-state index contributed by atoms with van der Waals surface area (Å²) in [6.45, 7) is 17.6. The lowest BCUT2D eigenvalue weighted by atomic mass is 9.70. The van der Waals surface area contributed by atoms with E-state index in [-0.39, 0.29) is 34.4 Å². The van der Waals surface area contributed by atoms with Crippen molar-refractivity contribution in [3.05, 3.63) is 25.3 Å². The lowest BCUT2D eigenvalue weighted by molar-refractivity contribution is -0.146. The molecule has 3 unspecified atom stereocenters. The normalized spacial score (nSPS) is 30.9. The molecular weight excluding hydrogens is 542 g/mol. The van der Waals surface area contributed by atoms with Crippen molar-refractivity contribution in [2.75, 3.05) is 32.8 Å². The van der Waals surface area contributed by atoms with Crippen LogP contribution in [0.25, 0.3) is 0 Å². The summed E-state index contributed by atoms with van der Waals surface area (Å²) in [6.07, 6.45) is 6.10. The molecule has 0 saturated carbocycles. The zero-order chi connectivity index (χ0) is 26.8. The Kier molecular flexibility index (Phi) is 9.42. The highest BCUT2D eigenvalue weighted by Crippen LogP contribution is 2.68. The van der Waals surface area contributed by atoms with Crippen molar-refractivity contribution in [1.29, 1.82) is 0 Å². The Balaban J connectivity index is 2.08. The summed E-state index contributed by atoms with van der Waals surface area (Å²) in [7, 11) is 0. The average Bonchev–Trinajstić information content (AvgIpc) is 3.39. The number of amides is 3. The van der Waals surface area contributed by atoms with E-state index in [2.05, 4.69) is 29.1 Å². The van der Waals surface area contributed by atoms with Gasteiger partial charge in [0.2, 0.25) is 17.7 Å². The molecule has 36 heavy (non-hydrogen) atoms. The fourth-order valence-electron chi connectivity index (χ4n) is 6.22. The van der Waals surface area contributed by atoms with E-state index in [4.69, 9.17) is 0 Å². The molecule has 3 amide bonds. The fourth-order valence-corrected chi connectivity index (χ4v) is 9.82. The van der Waals surface area contributed by atoms with Crippen LogP contribution in [0.1, 0.15) is 53.4 Å². The lowest BCUT2D eigenvalue weighted by Crippen LogP contribution is -2.59. The van der Waals surface area contributed by atoms with Crippen molar-refractivity contribution >= 4 is 45.4 Å². The van der Waals surface area contributed by atoms with Crippen LogP contribution >= 0.6 is 27.7 Å². The Morgan fingerprint density at radius 1 is 1.22 bits per heavy atom. The van der Waals surface area contributed by atoms with Crippen molar-refractivity contribution < 1.29 is 19.5 Å². The second-order valence-electron chi connectivity index (χ2n) is 11.1. The van der Waals surface area contributed by atoms with Gasteiger partial charge in [-0.1, -0.05) is 35.0 Å². The number of fused-ring (bicyclic) bond motifs is 1. The van der Waals surface area contributed by atoms with E-state index in [0.29, 0.717) is 45.4 Å². The van der Waals surface area contributed by atoms with Gasteiger partial charge in [-0.2, -0.15) is 0 Å².